The molecule has 0 amide bonds. The molecule has 0 radical (unpaired) electrons. The average Bonchev–Trinajstić information content (AvgIpc) is 2.49. The van der Waals surface area contributed by atoms with Crippen molar-refractivity contribution in [1.29, 1.82) is 0 Å². The minimum Gasteiger partial charge on any atom is -0.207 e. The Kier molecular flexibility index (Phi) is 6.72. The van der Waals surface area contributed by atoms with Crippen LogP contribution < -0.4 is 4.72 Å². The molecule has 0 bridgehead atoms. The molecule has 2 aromatic rings. The van der Waals surface area contributed by atoms with E-state index in [2.05, 4.69) is 28.6 Å². The van der Waals surface area contributed by atoms with E-state index in [1.807, 2.05) is 4.72 Å². The van der Waals surface area contributed by atoms with Crippen LogP contribution in [-0.4, -0.2) is 20.6 Å². The summed E-state index contributed by atoms with van der Waals surface area (Å²) >= 11 is 7.28. The van der Waals surface area contributed by atoms with Crippen LogP contribution in [0.3, 0.4) is 0 Å². The molecule has 0 saturated carbocycles. The topological polar surface area (TPSA) is 46.2 Å². The van der Waals surface area contributed by atoms with Crippen molar-refractivity contribution in [2.45, 2.75) is 43.1 Å². The molecule has 0 aliphatic carbocycles. The van der Waals surface area contributed by atoms with Crippen LogP contribution in [0.15, 0.2) is 45.8 Å². The number of aryl methyl sites for hydroxylation is 3. The molecular weight excluding hydrogens is 463 g/mol. The number of hydrogen-bond donors (Lipinski definition) is 2. The summed E-state index contributed by atoms with van der Waals surface area (Å²) in [6.07, 6.45) is -4.83. The fourth-order valence-electron chi connectivity index (χ4n) is 3.01. The molecule has 2 atom stereocenters. The summed E-state index contributed by atoms with van der Waals surface area (Å²) in [7, 11) is -4.41. The van der Waals surface area contributed by atoms with Gasteiger partial charge in [-0.3, -0.25) is 0 Å². The number of nitrogens with one attached hydrogen (secondary N) is 1. The maximum absolute atomic E-state index is 13.7. The molecule has 148 valence electrons. The number of sulfonamides is 1. The zero-order valence-electron chi connectivity index (χ0n) is 14.8. The third-order valence-electron chi connectivity index (χ3n) is 4.01. The maximum atomic E-state index is 13.7. The maximum Gasteiger partial charge on any atom is 0.406 e. The second-order valence-corrected chi connectivity index (χ2v) is 9.49. The van der Waals surface area contributed by atoms with Crippen molar-refractivity contribution in [3.63, 3.8) is 0 Å². The second-order valence-electron chi connectivity index (χ2n) is 6.37. The minimum atomic E-state index is -4.83. The molecule has 0 aliphatic heterocycles. The monoisotopic (exact) mass is 481 g/mol. The number of halogens is 4. The first kappa shape index (κ1) is 22.3. The quantitative estimate of drug-likeness (QED) is 0.572. The number of alkyl halides is 3. The number of benzene rings is 2. The zero-order valence-corrected chi connectivity index (χ0v) is 18.1. The molecule has 9 heteroatoms. The Morgan fingerprint density at radius 2 is 1.63 bits per heavy atom. The Labute approximate surface area is 171 Å². The highest BCUT2D eigenvalue weighted by Crippen LogP contribution is 2.36. The van der Waals surface area contributed by atoms with Gasteiger partial charge in [0.05, 0.1) is 10.1 Å². The molecule has 27 heavy (non-hydrogen) atoms. The lowest BCUT2D eigenvalue weighted by molar-refractivity contribution is -0.151. The summed E-state index contributed by atoms with van der Waals surface area (Å²) in [6.45, 7) is 4.91. The van der Waals surface area contributed by atoms with Gasteiger partial charge in [-0.2, -0.15) is 30.5 Å². The Balaban J connectivity index is 2.48. The SMILES string of the molecule is Cc1cc(C)c(S(=O)(=O)NC(C(S)c2cccc(Br)c2)C(F)(F)F)c(C)c1. The van der Waals surface area contributed by atoms with E-state index in [-0.39, 0.29) is 10.5 Å². The zero-order chi connectivity index (χ0) is 20.6. The number of hydrogen-bond acceptors (Lipinski definition) is 3. The lowest BCUT2D eigenvalue weighted by Gasteiger charge is -2.27. The lowest BCUT2D eigenvalue weighted by atomic mass is 10.1. The van der Waals surface area contributed by atoms with Gasteiger partial charge < -0.3 is 0 Å². The van der Waals surface area contributed by atoms with E-state index < -0.39 is 27.5 Å². The third-order valence-corrected chi connectivity index (χ3v) is 6.85. The van der Waals surface area contributed by atoms with Crippen LogP contribution in [-0.2, 0) is 10.0 Å². The second kappa shape index (κ2) is 8.14. The summed E-state index contributed by atoms with van der Waals surface area (Å²) in [5.74, 6) is 0. The van der Waals surface area contributed by atoms with Crippen LogP contribution in [0.1, 0.15) is 27.5 Å². The van der Waals surface area contributed by atoms with Crippen molar-refractivity contribution >= 4 is 38.6 Å². The molecular formula is C18H19BrF3NO2S2. The summed E-state index contributed by atoms with van der Waals surface area (Å²) in [5, 5.41) is -1.41. The van der Waals surface area contributed by atoms with Gasteiger partial charge in [0, 0.05) is 4.47 Å². The van der Waals surface area contributed by atoms with Crippen molar-refractivity contribution in [2.24, 2.45) is 0 Å². The largest absolute Gasteiger partial charge is 0.406 e. The predicted octanol–water partition coefficient (Wildman–Crippen LogP) is 5.25. The first-order valence-electron chi connectivity index (χ1n) is 7.93. The lowest BCUT2D eigenvalue weighted by Crippen LogP contribution is -2.48. The van der Waals surface area contributed by atoms with E-state index in [1.54, 1.807) is 45.0 Å². The van der Waals surface area contributed by atoms with Gasteiger partial charge in [0.15, 0.2) is 0 Å². The molecule has 2 rings (SSSR count). The van der Waals surface area contributed by atoms with Crippen molar-refractivity contribution in [3.8, 4) is 0 Å². The molecule has 3 nitrogen and oxygen atoms in total. The van der Waals surface area contributed by atoms with Crippen molar-refractivity contribution in [1.82, 2.24) is 4.72 Å². The van der Waals surface area contributed by atoms with Gasteiger partial charge in [0.1, 0.15) is 6.04 Å². The normalized spacial score (nSPS) is 14.8. The molecule has 0 fully saturated rings. The van der Waals surface area contributed by atoms with Gasteiger partial charge in [0.2, 0.25) is 10.0 Å². The van der Waals surface area contributed by atoms with Gasteiger partial charge in [-0.1, -0.05) is 45.8 Å². The fraction of sp³-hybridized carbons (Fsp3) is 0.333. The van der Waals surface area contributed by atoms with E-state index in [1.165, 1.54) is 12.1 Å². The molecule has 0 aromatic heterocycles. The van der Waals surface area contributed by atoms with E-state index in [9.17, 15) is 21.6 Å². The summed E-state index contributed by atoms with van der Waals surface area (Å²) in [5.41, 5.74) is 1.85. The fourth-order valence-corrected chi connectivity index (χ4v) is 5.62. The van der Waals surface area contributed by atoms with Crippen molar-refractivity contribution in [2.75, 3.05) is 0 Å². The van der Waals surface area contributed by atoms with E-state index in [4.69, 9.17) is 0 Å². The Morgan fingerprint density at radius 3 is 2.11 bits per heavy atom. The molecule has 0 saturated heterocycles. The van der Waals surface area contributed by atoms with Crippen LogP contribution in [0.4, 0.5) is 13.2 Å². The third kappa shape index (κ3) is 5.28. The molecule has 2 unspecified atom stereocenters. The number of rotatable bonds is 5. The molecule has 0 spiro atoms. The predicted molar refractivity (Wildman–Crippen MR) is 107 cm³/mol. The van der Waals surface area contributed by atoms with Crippen LogP contribution in [0.2, 0.25) is 0 Å². The minimum absolute atomic E-state index is 0.142. The van der Waals surface area contributed by atoms with Gasteiger partial charge >= 0.3 is 6.18 Å². The van der Waals surface area contributed by atoms with Gasteiger partial charge in [-0.15, -0.1) is 0 Å². The summed E-state index contributed by atoms with van der Waals surface area (Å²) < 4.78 is 69.0. The number of thiol groups is 1. The highest BCUT2D eigenvalue weighted by Gasteiger charge is 2.47. The van der Waals surface area contributed by atoms with Gasteiger partial charge in [-0.05, 0) is 49.6 Å². The van der Waals surface area contributed by atoms with E-state index in [0.717, 1.165) is 5.56 Å². The molecule has 1 N–H and O–H groups in total. The standard InChI is InChI=1S/C18H19BrF3NO2S2/c1-10-7-11(2)16(12(3)8-10)27(24,25)23-17(18(20,21)22)15(26)13-5-4-6-14(19)9-13/h4-9,15,17,23,26H,1-3H3. The Morgan fingerprint density at radius 1 is 1.07 bits per heavy atom. The molecule has 0 aliphatic rings. The van der Waals surface area contributed by atoms with E-state index >= 15 is 0 Å². The Hall–Kier alpha value is -1.03. The summed E-state index contributed by atoms with van der Waals surface area (Å²) in [6, 6.07) is 7.03. The summed E-state index contributed by atoms with van der Waals surface area (Å²) in [4.78, 5) is -0.142. The average molecular weight is 482 g/mol. The van der Waals surface area contributed by atoms with Gasteiger partial charge in [-0.25, -0.2) is 8.42 Å². The smallest absolute Gasteiger partial charge is 0.207 e. The first-order chi connectivity index (χ1) is 12.3. The van der Waals surface area contributed by atoms with E-state index in [0.29, 0.717) is 15.6 Å². The highest BCUT2D eigenvalue weighted by molar-refractivity contribution is 9.10. The van der Waals surface area contributed by atoms with Crippen LogP contribution >= 0.6 is 28.6 Å². The highest BCUT2D eigenvalue weighted by atomic mass is 79.9. The van der Waals surface area contributed by atoms with Crippen LogP contribution in [0.25, 0.3) is 0 Å². The molecule has 0 heterocycles. The van der Waals surface area contributed by atoms with Crippen molar-refractivity contribution in [3.05, 3.63) is 63.1 Å². The molecule has 2 aromatic carbocycles. The van der Waals surface area contributed by atoms with Gasteiger partial charge in [0.25, 0.3) is 0 Å². The van der Waals surface area contributed by atoms with Crippen LogP contribution in [0.5, 0.6) is 0 Å². The van der Waals surface area contributed by atoms with Crippen LogP contribution in [0, 0.1) is 20.8 Å². The van der Waals surface area contributed by atoms with Crippen molar-refractivity contribution < 1.29 is 21.6 Å². The Bertz CT molecular complexity index is 923. The first-order valence-corrected chi connectivity index (χ1v) is 10.7.